The zero-order valence-corrected chi connectivity index (χ0v) is 9.94. The predicted molar refractivity (Wildman–Crippen MR) is 65.2 cm³/mol. The first-order valence-corrected chi connectivity index (χ1v) is 5.57. The number of hydrogen-bond acceptors (Lipinski definition) is 5. The van der Waals surface area contributed by atoms with Gasteiger partial charge in [0.25, 0.3) is 0 Å². The van der Waals surface area contributed by atoms with Crippen LogP contribution in [0.5, 0.6) is 0 Å². The fraction of sp³-hybridized carbons (Fsp3) is 0.636. The Balaban J connectivity index is 2.05. The van der Waals surface area contributed by atoms with Gasteiger partial charge in [-0.05, 0) is 12.3 Å². The van der Waals surface area contributed by atoms with Gasteiger partial charge in [-0.3, -0.25) is 0 Å². The summed E-state index contributed by atoms with van der Waals surface area (Å²) in [6.45, 7) is 6.67. The summed E-state index contributed by atoms with van der Waals surface area (Å²) in [5.41, 5.74) is 6.05. The first-order chi connectivity index (χ1) is 7.68. The fourth-order valence-corrected chi connectivity index (χ4v) is 1.12. The van der Waals surface area contributed by atoms with E-state index < -0.39 is 0 Å². The first kappa shape index (κ1) is 12.7. The van der Waals surface area contributed by atoms with Crippen molar-refractivity contribution in [2.24, 2.45) is 5.92 Å². The van der Waals surface area contributed by atoms with Crippen LogP contribution < -0.4 is 11.1 Å². The highest BCUT2D eigenvalue weighted by atomic mass is 16.5. The normalized spacial score (nSPS) is 10.7. The lowest BCUT2D eigenvalue weighted by Gasteiger charge is -2.07. The minimum Gasteiger partial charge on any atom is -0.396 e. The number of anilines is 2. The molecular formula is C11H20N4O. The summed E-state index contributed by atoms with van der Waals surface area (Å²) in [6, 6.07) is 0. The predicted octanol–water partition coefficient (Wildman–Crippen LogP) is 1.53. The third-order valence-corrected chi connectivity index (χ3v) is 1.87. The molecule has 0 spiro atoms. The van der Waals surface area contributed by atoms with Crippen LogP contribution in [0.3, 0.4) is 0 Å². The van der Waals surface area contributed by atoms with E-state index in [0.717, 1.165) is 26.2 Å². The van der Waals surface area contributed by atoms with Gasteiger partial charge in [-0.2, -0.15) is 0 Å². The zero-order valence-electron chi connectivity index (χ0n) is 9.94. The molecule has 0 fully saturated rings. The molecule has 5 nitrogen and oxygen atoms in total. The van der Waals surface area contributed by atoms with Gasteiger partial charge in [0.15, 0.2) is 0 Å². The van der Waals surface area contributed by atoms with Crippen LogP contribution in [0.25, 0.3) is 0 Å². The fourth-order valence-electron chi connectivity index (χ4n) is 1.12. The van der Waals surface area contributed by atoms with Crippen molar-refractivity contribution in [2.45, 2.75) is 20.3 Å². The lowest BCUT2D eigenvalue weighted by Crippen LogP contribution is -2.10. The largest absolute Gasteiger partial charge is 0.396 e. The van der Waals surface area contributed by atoms with E-state index >= 15 is 0 Å². The standard InChI is InChI=1S/C11H20N4O/c1-9(2)8-16-5-3-4-13-11-14-6-10(12)7-15-11/h6-7,9H,3-5,8,12H2,1-2H3,(H,13,14,15). The quantitative estimate of drug-likeness (QED) is 0.687. The van der Waals surface area contributed by atoms with E-state index in [9.17, 15) is 0 Å². The molecular weight excluding hydrogens is 204 g/mol. The molecule has 0 bridgehead atoms. The van der Waals surface area contributed by atoms with Crippen molar-refractivity contribution in [1.29, 1.82) is 0 Å². The number of hydrogen-bond donors (Lipinski definition) is 2. The monoisotopic (exact) mass is 224 g/mol. The maximum absolute atomic E-state index is 5.48. The van der Waals surface area contributed by atoms with Gasteiger partial charge in [0, 0.05) is 19.8 Å². The van der Waals surface area contributed by atoms with Crippen LogP contribution in [0.4, 0.5) is 11.6 Å². The van der Waals surface area contributed by atoms with Crippen molar-refractivity contribution in [3.8, 4) is 0 Å². The molecule has 0 saturated carbocycles. The van der Waals surface area contributed by atoms with Crippen LogP contribution in [-0.4, -0.2) is 29.7 Å². The Bertz CT molecular complexity index is 287. The lowest BCUT2D eigenvalue weighted by molar-refractivity contribution is 0.110. The molecule has 1 rings (SSSR count). The topological polar surface area (TPSA) is 73.1 Å². The Labute approximate surface area is 96.4 Å². The van der Waals surface area contributed by atoms with Gasteiger partial charge in [0.1, 0.15) is 0 Å². The molecule has 0 amide bonds. The summed E-state index contributed by atoms with van der Waals surface area (Å²) < 4.78 is 5.45. The summed E-state index contributed by atoms with van der Waals surface area (Å²) in [6.07, 6.45) is 4.12. The highest BCUT2D eigenvalue weighted by Gasteiger charge is 1.96. The van der Waals surface area contributed by atoms with Crippen LogP contribution in [0.15, 0.2) is 12.4 Å². The number of rotatable bonds is 7. The average molecular weight is 224 g/mol. The van der Waals surface area contributed by atoms with Crippen LogP contribution in [0, 0.1) is 5.92 Å². The SMILES string of the molecule is CC(C)COCCCNc1ncc(N)cn1. The third-order valence-electron chi connectivity index (χ3n) is 1.87. The molecule has 0 unspecified atom stereocenters. The smallest absolute Gasteiger partial charge is 0.222 e. The van der Waals surface area contributed by atoms with E-state index in [4.69, 9.17) is 10.5 Å². The summed E-state index contributed by atoms with van der Waals surface area (Å²) in [5.74, 6) is 1.20. The van der Waals surface area contributed by atoms with Gasteiger partial charge in [0.2, 0.25) is 5.95 Å². The Hall–Kier alpha value is -1.36. The van der Waals surface area contributed by atoms with Gasteiger partial charge in [-0.15, -0.1) is 0 Å². The van der Waals surface area contributed by atoms with Crippen LogP contribution in [-0.2, 0) is 4.74 Å². The number of nitrogens with zero attached hydrogens (tertiary/aromatic N) is 2. The molecule has 0 aliphatic carbocycles. The van der Waals surface area contributed by atoms with E-state index in [1.54, 1.807) is 12.4 Å². The van der Waals surface area contributed by atoms with E-state index in [2.05, 4.69) is 29.1 Å². The highest BCUT2D eigenvalue weighted by molar-refractivity contribution is 5.35. The molecule has 16 heavy (non-hydrogen) atoms. The zero-order chi connectivity index (χ0) is 11.8. The van der Waals surface area contributed by atoms with E-state index in [1.807, 2.05) is 0 Å². The molecule has 1 aromatic rings. The summed E-state index contributed by atoms with van der Waals surface area (Å²) >= 11 is 0. The second-order valence-corrected chi connectivity index (χ2v) is 4.09. The maximum atomic E-state index is 5.48. The summed E-state index contributed by atoms with van der Waals surface area (Å²) in [4.78, 5) is 8.07. The van der Waals surface area contributed by atoms with Crippen molar-refractivity contribution in [3.63, 3.8) is 0 Å². The molecule has 0 aliphatic rings. The van der Waals surface area contributed by atoms with Gasteiger partial charge in [0.05, 0.1) is 18.1 Å². The maximum Gasteiger partial charge on any atom is 0.222 e. The molecule has 3 N–H and O–H groups in total. The van der Waals surface area contributed by atoms with Crippen molar-refractivity contribution in [3.05, 3.63) is 12.4 Å². The minimum atomic E-state index is 0.575. The Kier molecular flexibility index (Phi) is 5.56. The lowest BCUT2D eigenvalue weighted by atomic mass is 10.2. The van der Waals surface area contributed by atoms with E-state index in [0.29, 0.717) is 17.6 Å². The van der Waals surface area contributed by atoms with Crippen molar-refractivity contribution in [2.75, 3.05) is 30.8 Å². The van der Waals surface area contributed by atoms with Crippen molar-refractivity contribution in [1.82, 2.24) is 9.97 Å². The average Bonchev–Trinajstić information content (AvgIpc) is 2.25. The second-order valence-electron chi connectivity index (χ2n) is 4.09. The van der Waals surface area contributed by atoms with Crippen molar-refractivity contribution >= 4 is 11.6 Å². The Morgan fingerprint density at radius 1 is 1.38 bits per heavy atom. The second kappa shape index (κ2) is 7.00. The number of nitrogen functional groups attached to an aromatic ring is 1. The van der Waals surface area contributed by atoms with Crippen LogP contribution in [0.1, 0.15) is 20.3 Å². The Morgan fingerprint density at radius 3 is 2.69 bits per heavy atom. The summed E-state index contributed by atoms with van der Waals surface area (Å²) in [5, 5.41) is 3.10. The number of ether oxygens (including phenoxy) is 1. The van der Waals surface area contributed by atoms with Crippen molar-refractivity contribution < 1.29 is 4.74 Å². The first-order valence-electron chi connectivity index (χ1n) is 5.57. The number of aromatic nitrogens is 2. The molecule has 1 heterocycles. The molecule has 0 radical (unpaired) electrons. The van der Waals surface area contributed by atoms with Gasteiger partial charge in [-0.1, -0.05) is 13.8 Å². The van der Waals surface area contributed by atoms with Gasteiger partial charge in [-0.25, -0.2) is 9.97 Å². The molecule has 5 heteroatoms. The van der Waals surface area contributed by atoms with E-state index in [1.165, 1.54) is 0 Å². The van der Waals surface area contributed by atoms with E-state index in [-0.39, 0.29) is 0 Å². The van der Waals surface area contributed by atoms with Gasteiger partial charge < -0.3 is 15.8 Å². The highest BCUT2D eigenvalue weighted by Crippen LogP contribution is 2.00. The molecule has 0 aliphatic heterocycles. The molecule has 0 saturated heterocycles. The summed E-state index contributed by atoms with van der Waals surface area (Å²) in [7, 11) is 0. The van der Waals surface area contributed by atoms with Crippen LogP contribution in [0.2, 0.25) is 0 Å². The third kappa shape index (κ3) is 5.50. The van der Waals surface area contributed by atoms with Gasteiger partial charge >= 0.3 is 0 Å². The molecule has 90 valence electrons. The van der Waals surface area contributed by atoms with Crippen LogP contribution >= 0.6 is 0 Å². The minimum absolute atomic E-state index is 0.575. The number of nitrogens with one attached hydrogen (secondary N) is 1. The molecule has 0 aromatic carbocycles. The molecule has 1 aromatic heterocycles. The Morgan fingerprint density at radius 2 is 2.06 bits per heavy atom. The number of nitrogens with two attached hydrogens (primary N) is 1. The molecule has 0 atom stereocenters.